The molecule has 1 aliphatic heterocycles. The molecule has 1 atom stereocenters. The third kappa shape index (κ3) is 6.92. The van der Waals surface area contributed by atoms with Crippen LogP contribution in [0.3, 0.4) is 0 Å². The van der Waals surface area contributed by atoms with Crippen LogP contribution >= 0.6 is 24.0 Å². The van der Waals surface area contributed by atoms with Crippen LogP contribution in [-0.2, 0) is 6.54 Å². The van der Waals surface area contributed by atoms with E-state index in [1.54, 1.807) is 14.2 Å². The molecule has 1 unspecified atom stereocenters. The standard InChI is InChI=1S/C24H34N4O2.HI/c1-5-25-24(27(2)18-20-9-6-7-12-23(20)30-4)26-16-19-13-14-28(17-19)21-10-8-11-22(15-21)29-3;/h6-12,15,19H,5,13-14,16-18H2,1-4H3,(H,25,26);1H. The summed E-state index contributed by atoms with van der Waals surface area (Å²) in [5.41, 5.74) is 2.37. The van der Waals surface area contributed by atoms with Crippen molar-refractivity contribution >= 4 is 35.6 Å². The predicted octanol–water partition coefficient (Wildman–Crippen LogP) is 4.25. The Morgan fingerprint density at radius 1 is 1.16 bits per heavy atom. The van der Waals surface area contributed by atoms with E-state index in [2.05, 4.69) is 53.4 Å². The SMILES string of the molecule is CCNC(=NCC1CCN(c2cccc(OC)c2)C1)N(C)Cc1ccccc1OC.I. The van der Waals surface area contributed by atoms with E-state index in [4.69, 9.17) is 14.5 Å². The maximum atomic E-state index is 5.50. The molecule has 1 saturated heterocycles. The predicted molar refractivity (Wildman–Crippen MR) is 139 cm³/mol. The molecule has 3 rings (SSSR count). The summed E-state index contributed by atoms with van der Waals surface area (Å²) in [6.45, 7) is 6.59. The van der Waals surface area contributed by atoms with E-state index in [9.17, 15) is 0 Å². The lowest BCUT2D eigenvalue weighted by Crippen LogP contribution is -2.39. The molecule has 1 fully saturated rings. The van der Waals surface area contributed by atoms with Crippen molar-refractivity contribution in [2.45, 2.75) is 19.9 Å². The van der Waals surface area contributed by atoms with Gasteiger partial charge in [-0.25, -0.2) is 0 Å². The lowest BCUT2D eigenvalue weighted by atomic mass is 10.1. The van der Waals surface area contributed by atoms with E-state index in [-0.39, 0.29) is 24.0 Å². The lowest BCUT2D eigenvalue weighted by Gasteiger charge is -2.23. The first-order chi connectivity index (χ1) is 14.6. The Bertz CT molecular complexity index is 846. The summed E-state index contributed by atoms with van der Waals surface area (Å²) in [5.74, 6) is 3.29. The van der Waals surface area contributed by atoms with E-state index in [0.29, 0.717) is 5.92 Å². The van der Waals surface area contributed by atoms with E-state index >= 15 is 0 Å². The molecule has 170 valence electrons. The number of halogens is 1. The second-order valence-electron chi connectivity index (χ2n) is 7.66. The lowest BCUT2D eigenvalue weighted by molar-refractivity contribution is 0.395. The maximum absolute atomic E-state index is 5.50. The van der Waals surface area contributed by atoms with Gasteiger partial charge in [-0.1, -0.05) is 24.3 Å². The molecule has 0 aliphatic carbocycles. The Kier molecular flexibility index (Phi) is 10.2. The molecule has 31 heavy (non-hydrogen) atoms. The van der Waals surface area contributed by atoms with Gasteiger partial charge in [-0.05, 0) is 37.5 Å². The first-order valence-electron chi connectivity index (χ1n) is 10.6. The van der Waals surface area contributed by atoms with E-state index in [1.165, 1.54) is 5.69 Å². The van der Waals surface area contributed by atoms with Gasteiger partial charge in [0, 0.05) is 57.1 Å². The summed E-state index contributed by atoms with van der Waals surface area (Å²) in [7, 11) is 5.50. The fraction of sp³-hybridized carbons (Fsp3) is 0.458. The zero-order valence-electron chi connectivity index (χ0n) is 19.0. The largest absolute Gasteiger partial charge is 0.497 e. The number of rotatable bonds is 8. The summed E-state index contributed by atoms with van der Waals surface area (Å²) in [4.78, 5) is 9.54. The zero-order chi connectivity index (χ0) is 21.3. The molecule has 1 N–H and O–H groups in total. The number of para-hydroxylation sites is 1. The number of hydrogen-bond donors (Lipinski definition) is 1. The quantitative estimate of drug-likeness (QED) is 0.310. The number of guanidine groups is 1. The van der Waals surface area contributed by atoms with Crippen LogP contribution in [-0.4, -0.2) is 58.3 Å². The number of benzene rings is 2. The Hall–Kier alpha value is -2.16. The van der Waals surface area contributed by atoms with E-state index in [0.717, 1.165) is 62.2 Å². The molecular formula is C24H35IN4O2. The monoisotopic (exact) mass is 538 g/mol. The van der Waals surface area contributed by atoms with Gasteiger partial charge in [0.2, 0.25) is 0 Å². The second kappa shape index (κ2) is 12.6. The van der Waals surface area contributed by atoms with Crippen molar-refractivity contribution in [3.8, 4) is 11.5 Å². The topological polar surface area (TPSA) is 49.3 Å². The van der Waals surface area contributed by atoms with Gasteiger partial charge in [0.1, 0.15) is 11.5 Å². The van der Waals surface area contributed by atoms with Crippen LogP contribution in [0.4, 0.5) is 5.69 Å². The van der Waals surface area contributed by atoms with E-state index < -0.39 is 0 Å². The number of aliphatic imine (C=N–C) groups is 1. The van der Waals surface area contributed by atoms with Gasteiger partial charge in [-0.15, -0.1) is 24.0 Å². The highest BCUT2D eigenvalue weighted by Gasteiger charge is 2.23. The highest BCUT2D eigenvalue weighted by atomic mass is 127. The average Bonchev–Trinajstić information content (AvgIpc) is 3.26. The van der Waals surface area contributed by atoms with Crippen LogP contribution in [0.25, 0.3) is 0 Å². The Morgan fingerprint density at radius 2 is 1.97 bits per heavy atom. The van der Waals surface area contributed by atoms with Crippen molar-refractivity contribution in [1.29, 1.82) is 0 Å². The molecular weight excluding hydrogens is 503 g/mol. The van der Waals surface area contributed by atoms with Crippen molar-refractivity contribution in [3.05, 3.63) is 54.1 Å². The van der Waals surface area contributed by atoms with E-state index in [1.807, 2.05) is 24.3 Å². The third-order valence-electron chi connectivity index (χ3n) is 5.50. The summed E-state index contributed by atoms with van der Waals surface area (Å²) in [5, 5.41) is 3.43. The molecule has 0 spiro atoms. The number of nitrogens with zero attached hydrogens (tertiary/aromatic N) is 3. The molecule has 0 saturated carbocycles. The van der Waals surface area contributed by atoms with Crippen LogP contribution in [0, 0.1) is 5.92 Å². The molecule has 1 heterocycles. The summed E-state index contributed by atoms with van der Waals surface area (Å²) in [6, 6.07) is 16.4. The fourth-order valence-corrected chi connectivity index (χ4v) is 3.87. The van der Waals surface area contributed by atoms with Gasteiger partial charge in [-0.2, -0.15) is 0 Å². The number of anilines is 1. The molecule has 0 aromatic heterocycles. The molecule has 6 nitrogen and oxygen atoms in total. The highest BCUT2D eigenvalue weighted by molar-refractivity contribution is 14.0. The minimum atomic E-state index is 0. The van der Waals surface area contributed by atoms with Gasteiger partial charge in [0.25, 0.3) is 0 Å². The smallest absolute Gasteiger partial charge is 0.193 e. The number of hydrogen-bond acceptors (Lipinski definition) is 4. The molecule has 7 heteroatoms. The Balaban J connectivity index is 0.00000341. The van der Waals surface area contributed by atoms with Gasteiger partial charge < -0.3 is 24.6 Å². The molecule has 2 aromatic carbocycles. The number of methoxy groups -OCH3 is 2. The molecule has 1 aliphatic rings. The minimum Gasteiger partial charge on any atom is -0.497 e. The van der Waals surface area contributed by atoms with Gasteiger partial charge in [-0.3, -0.25) is 4.99 Å². The van der Waals surface area contributed by atoms with Crippen molar-refractivity contribution in [2.75, 3.05) is 52.3 Å². The second-order valence-corrected chi connectivity index (χ2v) is 7.66. The van der Waals surface area contributed by atoms with Crippen molar-refractivity contribution in [2.24, 2.45) is 10.9 Å². The Labute approximate surface area is 203 Å². The molecule has 2 aromatic rings. The van der Waals surface area contributed by atoms with Crippen LogP contribution in [0.2, 0.25) is 0 Å². The number of nitrogens with one attached hydrogen (secondary N) is 1. The first-order valence-corrected chi connectivity index (χ1v) is 10.6. The van der Waals surface area contributed by atoms with Gasteiger partial charge in [0.15, 0.2) is 5.96 Å². The highest BCUT2D eigenvalue weighted by Crippen LogP contribution is 2.27. The fourth-order valence-electron chi connectivity index (χ4n) is 3.87. The number of ether oxygens (including phenoxy) is 2. The van der Waals surface area contributed by atoms with Gasteiger partial charge in [0.05, 0.1) is 14.2 Å². The molecule has 0 bridgehead atoms. The van der Waals surface area contributed by atoms with Crippen LogP contribution in [0.1, 0.15) is 18.9 Å². The third-order valence-corrected chi connectivity index (χ3v) is 5.50. The summed E-state index contributed by atoms with van der Waals surface area (Å²) in [6.07, 6.45) is 1.15. The van der Waals surface area contributed by atoms with Gasteiger partial charge >= 0.3 is 0 Å². The maximum Gasteiger partial charge on any atom is 0.193 e. The average molecular weight is 538 g/mol. The van der Waals surface area contributed by atoms with Crippen molar-refractivity contribution < 1.29 is 9.47 Å². The van der Waals surface area contributed by atoms with Crippen LogP contribution in [0.15, 0.2) is 53.5 Å². The van der Waals surface area contributed by atoms with Crippen molar-refractivity contribution in [1.82, 2.24) is 10.2 Å². The van der Waals surface area contributed by atoms with Crippen LogP contribution < -0.4 is 19.7 Å². The summed E-state index contributed by atoms with van der Waals surface area (Å²) >= 11 is 0. The normalized spacial score (nSPS) is 15.9. The molecule has 0 radical (unpaired) electrons. The van der Waals surface area contributed by atoms with Crippen molar-refractivity contribution in [3.63, 3.8) is 0 Å². The first kappa shape index (κ1) is 25.1. The summed E-state index contributed by atoms with van der Waals surface area (Å²) < 4.78 is 10.9. The minimum absolute atomic E-state index is 0. The Morgan fingerprint density at radius 3 is 2.71 bits per heavy atom. The zero-order valence-corrected chi connectivity index (χ0v) is 21.3. The molecule has 0 amide bonds. The van der Waals surface area contributed by atoms with Crippen LogP contribution in [0.5, 0.6) is 11.5 Å².